The first-order valence-corrected chi connectivity index (χ1v) is 7.91. The fourth-order valence-corrected chi connectivity index (χ4v) is 5.36. The number of hydrogen-bond acceptors (Lipinski definition) is 3. The van der Waals surface area contributed by atoms with Crippen molar-refractivity contribution in [3.63, 3.8) is 0 Å². The molecule has 0 unspecified atom stereocenters. The monoisotopic (exact) mass is 229 g/mol. The van der Waals surface area contributed by atoms with Gasteiger partial charge in [0.1, 0.15) is 0 Å². The molecule has 15 heavy (non-hydrogen) atoms. The van der Waals surface area contributed by atoms with Gasteiger partial charge in [-0.05, 0) is 37.5 Å². The maximum Gasteiger partial charge on any atom is 0.151 e. The molecule has 0 amide bonds. The van der Waals surface area contributed by atoms with Crippen LogP contribution in [0.25, 0.3) is 0 Å². The van der Waals surface area contributed by atoms with Crippen LogP contribution in [0.15, 0.2) is 0 Å². The van der Waals surface area contributed by atoms with Gasteiger partial charge in [-0.25, -0.2) is 8.42 Å². The summed E-state index contributed by atoms with van der Waals surface area (Å²) in [6, 6.07) is 0.876. The lowest BCUT2D eigenvalue weighted by Gasteiger charge is -2.25. The van der Waals surface area contributed by atoms with Gasteiger partial charge in [-0.1, -0.05) is 6.42 Å². The fourth-order valence-electron chi connectivity index (χ4n) is 3.68. The second kappa shape index (κ2) is 3.45. The maximum absolute atomic E-state index is 11.3. The molecule has 86 valence electrons. The Hall–Kier alpha value is -0.0900. The average molecular weight is 229 g/mol. The molecule has 3 aliphatic rings. The summed E-state index contributed by atoms with van der Waals surface area (Å²) in [6.07, 6.45) is 6.28. The van der Waals surface area contributed by atoms with Gasteiger partial charge in [-0.2, -0.15) is 0 Å². The van der Waals surface area contributed by atoms with E-state index in [1.54, 1.807) is 0 Å². The van der Waals surface area contributed by atoms with E-state index in [2.05, 4.69) is 5.32 Å². The Morgan fingerprint density at radius 2 is 1.93 bits per heavy atom. The molecular weight excluding hydrogens is 210 g/mol. The smallest absolute Gasteiger partial charge is 0.151 e. The van der Waals surface area contributed by atoms with Crippen molar-refractivity contribution in [2.24, 2.45) is 11.8 Å². The zero-order chi connectivity index (χ0) is 10.5. The van der Waals surface area contributed by atoms with Crippen LogP contribution in [-0.2, 0) is 9.84 Å². The summed E-state index contributed by atoms with van der Waals surface area (Å²) in [5.74, 6) is 2.55. The van der Waals surface area contributed by atoms with Crippen LogP contribution in [0.4, 0.5) is 0 Å². The van der Waals surface area contributed by atoms with Crippen molar-refractivity contribution in [3.8, 4) is 0 Å². The van der Waals surface area contributed by atoms with Crippen molar-refractivity contribution in [2.45, 2.75) is 44.2 Å². The third kappa shape index (κ3) is 1.94. The van der Waals surface area contributed by atoms with Crippen LogP contribution in [0.1, 0.15) is 32.1 Å². The van der Waals surface area contributed by atoms with Gasteiger partial charge < -0.3 is 5.32 Å². The molecule has 3 nitrogen and oxygen atoms in total. The maximum atomic E-state index is 11.3. The van der Waals surface area contributed by atoms with Crippen LogP contribution in [0.5, 0.6) is 0 Å². The molecular formula is C11H19NO2S. The van der Waals surface area contributed by atoms with E-state index in [0.717, 1.165) is 18.3 Å². The second-order valence-corrected chi connectivity index (χ2v) is 7.78. The minimum atomic E-state index is -2.71. The highest BCUT2D eigenvalue weighted by molar-refractivity contribution is 7.91. The molecule has 1 aliphatic heterocycles. The quantitative estimate of drug-likeness (QED) is 0.767. The summed E-state index contributed by atoms with van der Waals surface area (Å²) in [5, 5.41) is 3.59. The van der Waals surface area contributed by atoms with Gasteiger partial charge >= 0.3 is 0 Å². The predicted molar refractivity (Wildman–Crippen MR) is 59.4 cm³/mol. The van der Waals surface area contributed by atoms with Gasteiger partial charge in [0, 0.05) is 12.1 Å². The molecule has 1 heterocycles. The van der Waals surface area contributed by atoms with Crippen molar-refractivity contribution in [2.75, 3.05) is 11.5 Å². The number of rotatable bonds is 2. The standard InChI is InChI=1S/C11H19NO2S/c13-15(14)4-3-10(7-15)12-11-6-8-1-2-9(11)5-8/h8-12H,1-7H2/t8-,9+,10+,11-/m0/s1. The lowest BCUT2D eigenvalue weighted by Crippen LogP contribution is -2.41. The molecule has 1 saturated heterocycles. The third-order valence-corrected chi connectivity index (χ3v) is 6.19. The Morgan fingerprint density at radius 3 is 2.47 bits per heavy atom. The molecule has 3 fully saturated rings. The minimum absolute atomic E-state index is 0.249. The van der Waals surface area contributed by atoms with E-state index in [1.807, 2.05) is 0 Å². The molecule has 2 aliphatic carbocycles. The third-order valence-electron chi connectivity index (χ3n) is 4.42. The lowest BCUT2D eigenvalue weighted by molar-refractivity contribution is 0.326. The molecule has 2 saturated carbocycles. The Kier molecular flexibility index (Phi) is 2.32. The number of hydrogen-bond donors (Lipinski definition) is 1. The van der Waals surface area contributed by atoms with Crippen molar-refractivity contribution >= 4 is 9.84 Å². The fraction of sp³-hybridized carbons (Fsp3) is 1.00. The first kappa shape index (κ1) is 10.1. The molecule has 0 aromatic heterocycles. The van der Waals surface area contributed by atoms with Crippen LogP contribution in [0.3, 0.4) is 0 Å². The van der Waals surface area contributed by atoms with Crippen LogP contribution < -0.4 is 5.32 Å². The molecule has 4 atom stereocenters. The van der Waals surface area contributed by atoms with Crippen molar-refractivity contribution < 1.29 is 8.42 Å². The van der Waals surface area contributed by atoms with Crippen molar-refractivity contribution in [1.82, 2.24) is 5.32 Å². The average Bonchev–Trinajstić information content (AvgIpc) is 2.81. The summed E-state index contributed by atoms with van der Waals surface area (Å²) in [4.78, 5) is 0. The molecule has 0 spiro atoms. The van der Waals surface area contributed by atoms with Gasteiger partial charge in [0.25, 0.3) is 0 Å². The Balaban J connectivity index is 1.58. The lowest BCUT2D eigenvalue weighted by atomic mass is 9.94. The summed E-state index contributed by atoms with van der Waals surface area (Å²) in [7, 11) is -2.71. The molecule has 0 aromatic carbocycles. The molecule has 4 heteroatoms. The second-order valence-electron chi connectivity index (χ2n) is 5.55. The zero-order valence-corrected chi connectivity index (χ0v) is 9.80. The van der Waals surface area contributed by atoms with Crippen LogP contribution in [0, 0.1) is 11.8 Å². The summed E-state index contributed by atoms with van der Waals surface area (Å²) in [5.41, 5.74) is 0. The number of nitrogens with one attached hydrogen (secondary N) is 1. The SMILES string of the molecule is O=S1(=O)CC[C@@H](N[C@H]2C[C@H]3CC[C@@H]2C3)C1. The van der Waals surface area contributed by atoms with Crippen LogP contribution in [-0.4, -0.2) is 32.0 Å². The van der Waals surface area contributed by atoms with Gasteiger partial charge in [0.2, 0.25) is 0 Å². The first-order valence-electron chi connectivity index (χ1n) is 6.09. The van der Waals surface area contributed by atoms with E-state index in [4.69, 9.17) is 0 Å². The largest absolute Gasteiger partial charge is 0.310 e. The molecule has 3 rings (SSSR count). The van der Waals surface area contributed by atoms with E-state index in [0.29, 0.717) is 17.5 Å². The summed E-state index contributed by atoms with van der Waals surface area (Å²) < 4.78 is 22.7. The molecule has 0 radical (unpaired) electrons. The Morgan fingerprint density at radius 1 is 1.07 bits per heavy atom. The van der Waals surface area contributed by atoms with Gasteiger partial charge in [-0.3, -0.25) is 0 Å². The minimum Gasteiger partial charge on any atom is -0.310 e. The summed E-state index contributed by atoms with van der Waals surface area (Å²) >= 11 is 0. The van der Waals surface area contributed by atoms with Crippen LogP contribution in [0.2, 0.25) is 0 Å². The first-order chi connectivity index (χ1) is 7.12. The summed E-state index contributed by atoms with van der Waals surface area (Å²) in [6.45, 7) is 0. The Bertz CT molecular complexity index is 352. The van der Waals surface area contributed by atoms with E-state index in [-0.39, 0.29) is 6.04 Å². The van der Waals surface area contributed by atoms with Crippen molar-refractivity contribution in [1.29, 1.82) is 0 Å². The number of sulfone groups is 1. The van der Waals surface area contributed by atoms with E-state index in [9.17, 15) is 8.42 Å². The van der Waals surface area contributed by atoms with E-state index >= 15 is 0 Å². The van der Waals surface area contributed by atoms with Gasteiger partial charge in [-0.15, -0.1) is 0 Å². The highest BCUT2D eigenvalue weighted by Crippen LogP contribution is 2.44. The van der Waals surface area contributed by atoms with E-state index in [1.165, 1.54) is 25.7 Å². The highest BCUT2D eigenvalue weighted by atomic mass is 32.2. The molecule has 1 N–H and O–H groups in total. The normalized spacial score (nSPS) is 47.5. The number of fused-ring (bicyclic) bond motifs is 2. The predicted octanol–water partition coefficient (Wildman–Crippen LogP) is 0.952. The van der Waals surface area contributed by atoms with Gasteiger partial charge in [0.05, 0.1) is 11.5 Å². The molecule has 0 aromatic rings. The molecule has 2 bridgehead atoms. The van der Waals surface area contributed by atoms with Crippen molar-refractivity contribution in [3.05, 3.63) is 0 Å². The van der Waals surface area contributed by atoms with E-state index < -0.39 is 9.84 Å². The van der Waals surface area contributed by atoms with Gasteiger partial charge in [0.15, 0.2) is 9.84 Å². The van der Waals surface area contributed by atoms with Crippen LogP contribution >= 0.6 is 0 Å². The highest BCUT2D eigenvalue weighted by Gasteiger charge is 2.41. The zero-order valence-electron chi connectivity index (χ0n) is 8.98. The topological polar surface area (TPSA) is 46.2 Å². The Labute approximate surface area is 91.5 Å².